The molecule has 0 radical (unpaired) electrons. The molecule has 1 aromatic carbocycles. The molecule has 6 heteroatoms. The van der Waals surface area contributed by atoms with Gasteiger partial charge in [-0.05, 0) is 36.1 Å². The second kappa shape index (κ2) is 8.55. The van der Waals surface area contributed by atoms with E-state index >= 15 is 4.39 Å². The van der Waals surface area contributed by atoms with Gasteiger partial charge in [0.05, 0.1) is 10.6 Å². The monoisotopic (exact) mass is 386 g/mol. The summed E-state index contributed by atoms with van der Waals surface area (Å²) in [4.78, 5) is 29.1. The number of benzene rings is 1. The number of nitrogens with zero attached hydrogens (tertiary/aromatic N) is 1. The van der Waals surface area contributed by atoms with E-state index in [1.807, 2.05) is 13.0 Å². The minimum Gasteiger partial charge on any atom is -0.309 e. The molecule has 0 unspecified atom stereocenters. The van der Waals surface area contributed by atoms with E-state index in [-0.39, 0.29) is 34.3 Å². The Hall–Kier alpha value is -2.37. The van der Waals surface area contributed by atoms with Gasteiger partial charge in [0.25, 0.3) is 0 Å². The maximum Gasteiger partial charge on any atom is 0.199 e. The van der Waals surface area contributed by atoms with Crippen LogP contribution < -0.4 is 5.32 Å². The van der Waals surface area contributed by atoms with Gasteiger partial charge >= 0.3 is 0 Å². The lowest BCUT2D eigenvalue weighted by Crippen LogP contribution is -2.16. The van der Waals surface area contributed by atoms with E-state index in [0.29, 0.717) is 25.1 Å². The van der Waals surface area contributed by atoms with Crippen LogP contribution >= 0.6 is 11.6 Å². The van der Waals surface area contributed by atoms with E-state index in [2.05, 4.69) is 10.3 Å². The smallest absolute Gasteiger partial charge is 0.199 e. The van der Waals surface area contributed by atoms with E-state index in [9.17, 15) is 9.59 Å². The fourth-order valence-electron chi connectivity index (χ4n) is 3.25. The first kappa shape index (κ1) is 19.4. The zero-order valence-corrected chi connectivity index (χ0v) is 15.7. The topological polar surface area (TPSA) is 59.1 Å². The van der Waals surface area contributed by atoms with Crippen molar-refractivity contribution < 1.29 is 14.0 Å². The first-order chi connectivity index (χ1) is 13.0. The molecule has 0 aliphatic carbocycles. The van der Waals surface area contributed by atoms with Gasteiger partial charge in [0, 0.05) is 43.0 Å². The zero-order valence-electron chi connectivity index (χ0n) is 15.0. The van der Waals surface area contributed by atoms with Gasteiger partial charge in [-0.3, -0.25) is 14.6 Å². The van der Waals surface area contributed by atoms with E-state index in [1.165, 1.54) is 18.5 Å². The molecule has 3 rings (SSSR count). The summed E-state index contributed by atoms with van der Waals surface area (Å²) < 4.78 is 15.3. The number of carbonyl (C=O) groups excluding carboxylic acids is 2. The van der Waals surface area contributed by atoms with E-state index < -0.39 is 11.6 Å². The highest BCUT2D eigenvalue weighted by Gasteiger charge is 2.26. The highest BCUT2D eigenvalue weighted by Crippen LogP contribution is 2.33. The highest BCUT2D eigenvalue weighted by atomic mass is 35.5. The van der Waals surface area contributed by atoms with Crippen LogP contribution in [0.1, 0.15) is 47.2 Å². The summed E-state index contributed by atoms with van der Waals surface area (Å²) in [6.45, 7) is 3.12. The number of pyridine rings is 1. The highest BCUT2D eigenvalue weighted by molar-refractivity contribution is 6.35. The Morgan fingerprint density at radius 3 is 2.78 bits per heavy atom. The largest absolute Gasteiger partial charge is 0.309 e. The Morgan fingerprint density at radius 2 is 2.15 bits per heavy atom. The molecule has 1 aliphatic heterocycles. The molecular formula is C21H20ClFN2O2. The predicted octanol–water partition coefficient (Wildman–Crippen LogP) is 4.09. The van der Waals surface area contributed by atoms with Crippen molar-refractivity contribution in [2.45, 2.75) is 25.7 Å². The van der Waals surface area contributed by atoms with Crippen molar-refractivity contribution in [3.05, 3.63) is 75.8 Å². The van der Waals surface area contributed by atoms with E-state index in [4.69, 9.17) is 11.6 Å². The normalized spacial score (nSPS) is 14.7. The SMILES string of the molecule is CC[C@@H](CC(=O)C1=CCNC1)c1ccc(Cl)c(C(=O)c2cccnc2)c1F. The summed E-state index contributed by atoms with van der Waals surface area (Å²) in [6.07, 6.45) is 5.56. The summed E-state index contributed by atoms with van der Waals surface area (Å²) in [5.74, 6) is -1.50. The summed E-state index contributed by atoms with van der Waals surface area (Å²) in [5, 5.41) is 3.14. The Kier molecular flexibility index (Phi) is 6.14. The molecule has 140 valence electrons. The van der Waals surface area contributed by atoms with Crippen LogP contribution in [0.5, 0.6) is 0 Å². The number of ketones is 2. The van der Waals surface area contributed by atoms with Crippen LogP contribution in [0.25, 0.3) is 0 Å². The molecule has 2 aromatic rings. The number of halogens is 2. The maximum atomic E-state index is 15.3. The summed E-state index contributed by atoms with van der Waals surface area (Å²) in [6, 6.07) is 6.27. The van der Waals surface area contributed by atoms with Crippen LogP contribution in [-0.2, 0) is 4.79 Å². The van der Waals surface area contributed by atoms with Crippen molar-refractivity contribution in [1.29, 1.82) is 0 Å². The summed E-state index contributed by atoms with van der Waals surface area (Å²) in [7, 11) is 0. The Balaban J connectivity index is 1.93. The number of hydrogen-bond donors (Lipinski definition) is 1. The number of rotatable bonds is 7. The first-order valence-corrected chi connectivity index (χ1v) is 9.26. The predicted molar refractivity (Wildman–Crippen MR) is 103 cm³/mol. The van der Waals surface area contributed by atoms with E-state index in [1.54, 1.807) is 18.2 Å². The molecule has 0 amide bonds. The first-order valence-electron chi connectivity index (χ1n) is 8.88. The molecule has 1 aromatic heterocycles. The molecule has 1 aliphatic rings. The lowest BCUT2D eigenvalue weighted by Gasteiger charge is -2.18. The molecule has 0 saturated heterocycles. The van der Waals surface area contributed by atoms with Crippen LogP contribution in [0, 0.1) is 5.82 Å². The molecule has 0 saturated carbocycles. The number of hydrogen-bond acceptors (Lipinski definition) is 4. The minimum atomic E-state index is -0.658. The van der Waals surface area contributed by atoms with Crippen molar-refractivity contribution in [1.82, 2.24) is 10.3 Å². The Labute approximate surface area is 162 Å². The van der Waals surface area contributed by atoms with Gasteiger partial charge in [0.2, 0.25) is 0 Å². The summed E-state index contributed by atoms with van der Waals surface area (Å²) >= 11 is 6.14. The van der Waals surface area contributed by atoms with Gasteiger partial charge in [0.15, 0.2) is 11.6 Å². The zero-order chi connectivity index (χ0) is 19.4. The average Bonchev–Trinajstić information content (AvgIpc) is 3.22. The Bertz CT molecular complexity index is 897. The van der Waals surface area contributed by atoms with Gasteiger partial charge in [-0.25, -0.2) is 4.39 Å². The maximum absolute atomic E-state index is 15.3. The molecule has 2 heterocycles. The lowest BCUT2D eigenvalue weighted by molar-refractivity contribution is -0.115. The molecule has 0 spiro atoms. The van der Waals surface area contributed by atoms with Gasteiger partial charge < -0.3 is 5.32 Å². The average molecular weight is 387 g/mol. The fraction of sp³-hybridized carbons (Fsp3) is 0.286. The standard InChI is InChI=1S/C21H20ClFN2O2/c1-2-13(10-18(26)14-7-9-25-11-14)16-5-6-17(22)19(20(16)23)21(27)15-4-3-8-24-12-15/h3-8,12-13,25H,2,9-11H2,1H3/t13-/m0/s1. The molecule has 0 fully saturated rings. The minimum absolute atomic E-state index is 0.00124. The van der Waals surface area contributed by atoms with Crippen molar-refractivity contribution >= 4 is 23.2 Å². The van der Waals surface area contributed by atoms with Crippen LogP contribution in [-0.4, -0.2) is 29.6 Å². The van der Waals surface area contributed by atoms with Crippen LogP contribution in [0.2, 0.25) is 5.02 Å². The second-order valence-corrected chi connectivity index (χ2v) is 6.90. The van der Waals surface area contributed by atoms with E-state index in [0.717, 1.165) is 5.57 Å². The summed E-state index contributed by atoms with van der Waals surface area (Å²) in [5.41, 5.74) is 1.17. The molecule has 27 heavy (non-hydrogen) atoms. The third-order valence-corrected chi connectivity index (χ3v) is 5.12. The van der Waals surface area contributed by atoms with Crippen molar-refractivity contribution in [3.63, 3.8) is 0 Å². The number of Topliss-reactive ketones (excluding diaryl/α,β-unsaturated/α-hetero) is 1. The van der Waals surface area contributed by atoms with Crippen LogP contribution in [0.4, 0.5) is 4.39 Å². The van der Waals surface area contributed by atoms with Gasteiger partial charge in [-0.1, -0.05) is 30.7 Å². The van der Waals surface area contributed by atoms with Gasteiger partial charge in [-0.2, -0.15) is 0 Å². The third kappa shape index (κ3) is 4.15. The van der Waals surface area contributed by atoms with Crippen LogP contribution in [0.15, 0.2) is 48.3 Å². The lowest BCUT2D eigenvalue weighted by atomic mass is 9.87. The van der Waals surface area contributed by atoms with Gasteiger partial charge in [-0.15, -0.1) is 0 Å². The number of aromatic nitrogens is 1. The third-order valence-electron chi connectivity index (χ3n) is 4.80. The van der Waals surface area contributed by atoms with Crippen molar-refractivity contribution in [3.8, 4) is 0 Å². The number of carbonyl (C=O) groups is 2. The molecule has 1 N–H and O–H groups in total. The fourth-order valence-corrected chi connectivity index (χ4v) is 3.48. The molecule has 1 atom stereocenters. The Morgan fingerprint density at radius 1 is 1.33 bits per heavy atom. The van der Waals surface area contributed by atoms with Crippen molar-refractivity contribution in [2.75, 3.05) is 13.1 Å². The van der Waals surface area contributed by atoms with Crippen LogP contribution in [0.3, 0.4) is 0 Å². The molecule has 0 bridgehead atoms. The number of nitrogens with one attached hydrogen (secondary N) is 1. The quantitative estimate of drug-likeness (QED) is 0.728. The van der Waals surface area contributed by atoms with Gasteiger partial charge in [0.1, 0.15) is 5.82 Å². The molecular weight excluding hydrogens is 367 g/mol. The molecule has 4 nitrogen and oxygen atoms in total. The second-order valence-electron chi connectivity index (χ2n) is 6.49. The van der Waals surface area contributed by atoms with Crippen molar-refractivity contribution in [2.24, 2.45) is 0 Å².